The summed E-state index contributed by atoms with van der Waals surface area (Å²) in [6.07, 6.45) is 3.62. The van der Waals surface area contributed by atoms with E-state index in [0.717, 1.165) is 5.56 Å². The van der Waals surface area contributed by atoms with Gasteiger partial charge in [-0.15, -0.1) is 0 Å². The van der Waals surface area contributed by atoms with Gasteiger partial charge in [0.1, 0.15) is 23.8 Å². The van der Waals surface area contributed by atoms with Gasteiger partial charge in [0.05, 0.1) is 24.7 Å². The highest BCUT2D eigenvalue weighted by Gasteiger charge is 2.55. The molecular formula is C32H59N7O4Si3. The van der Waals surface area contributed by atoms with Gasteiger partial charge >= 0.3 is 0 Å². The molecule has 4 atom stereocenters. The fourth-order valence-electron chi connectivity index (χ4n) is 4.67. The summed E-state index contributed by atoms with van der Waals surface area (Å²) in [6.45, 7) is 34.4. The minimum atomic E-state index is -2.32. The minimum absolute atomic E-state index is 0.0144. The predicted molar refractivity (Wildman–Crippen MR) is 193 cm³/mol. The maximum absolute atomic E-state index is 7.33. The van der Waals surface area contributed by atoms with Crippen LogP contribution in [0.4, 0.5) is 5.82 Å². The van der Waals surface area contributed by atoms with Gasteiger partial charge in [0, 0.05) is 13.2 Å². The molecule has 0 aliphatic carbocycles. The van der Waals surface area contributed by atoms with E-state index in [2.05, 4.69) is 117 Å². The molecule has 0 saturated carbocycles. The molecule has 0 unspecified atom stereocenters. The van der Waals surface area contributed by atoms with Gasteiger partial charge in [0.2, 0.25) is 0 Å². The minimum Gasteiger partial charge on any atom is -0.414 e. The van der Waals surface area contributed by atoms with E-state index >= 15 is 0 Å². The van der Waals surface area contributed by atoms with Gasteiger partial charge in [-0.25, -0.2) is 15.0 Å². The molecule has 0 radical (unpaired) electrons. The first-order chi connectivity index (χ1) is 20.8. The van der Waals surface area contributed by atoms with Crippen molar-refractivity contribution in [2.24, 2.45) is 7.05 Å². The standard InChI is InChI=1S/C32H59N7O4Si3/c1-30(2,3)44(11,12)40-19-22-24(42-45(13,14)31(4,5)6)25(43-46(15,16)32(7,8)9)29(41-22)39-20-34-23-26(33)36-27(37-28(23)39)21-17-35-38(10)18-21/h17-18,20,22,24-25,29H,19H2,1-16H3,(H2,33,36,37)/t22-,24-,25-,29-/m1/s1. The van der Waals surface area contributed by atoms with Crippen molar-refractivity contribution >= 4 is 41.9 Å². The first kappa shape index (κ1) is 36.9. The third-order valence-electron chi connectivity index (χ3n) is 10.9. The maximum atomic E-state index is 7.33. The van der Waals surface area contributed by atoms with Crippen LogP contribution in [-0.2, 0) is 25.1 Å². The van der Waals surface area contributed by atoms with Gasteiger partial charge in [-0.2, -0.15) is 5.10 Å². The quantitative estimate of drug-likeness (QED) is 0.227. The molecule has 258 valence electrons. The van der Waals surface area contributed by atoms with Crippen LogP contribution in [0.1, 0.15) is 68.5 Å². The Bertz CT molecular complexity index is 1530. The van der Waals surface area contributed by atoms with Gasteiger partial charge in [0.25, 0.3) is 0 Å². The lowest BCUT2D eigenvalue weighted by Crippen LogP contribution is -2.54. The first-order valence-electron chi connectivity index (χ1n) is 16.4. The number of fused-ring (bicyclic) bond motifs is 1. The Morgan fingerprint density at radius 3 is 1.87 bits per heavy atom. The van der Waals surface area contributed by atoms with Crippen LogP contribution in [-0.4, -0.2) is 79.2 Å². The van der Waals surface area contributed by atoms with E-state index in [9.17, 15) is 0 Å². The number of rotatable bonds is 9. The van der Waals surface area contributed by atoms with E-state index in [1.807, 2.05) is 17.8 Å². The summed E-state index contributed by atoms with van der Waals surface area (Å²) < 4.78 is 32.2. The predicted octanol–water partition coefficient (Wildman–Crippen LogP) is 7.51. The second-order valence-electron chi connectivity index (χ2n) is 17.5. The van der Waals surface area contributed by atoms with Crippen LogP contribution >= 0.6 is 0 Å². The summed E-state index contributed by atoms with van der Waals surface area (Å²) in [5, 5.41) is 4.31. The lowest BCUT2D eigenvalue weighted by atomic mass is 10.1. The number of nitrogens with zero attached hydrogens (tertiary/aromatic N) is 6. The number of nitrogen functional groups attached to an aromatic ring is 1. The molecule has 46 heavy (non-hydrogen) atoms. The Morgan fingerprint density at radius 2 is 1.37 bits per heavy atom. The molecule has 1 aliphatic heterocycles. The van der Waals surface area contributed by atoms with Crippen molar-refractivity contribution in [3.8, 4) is 11.4 Å². The average molecular weight is 690 g/mol. The monoisotopic (exact) mass is 689 g/mol. The highest BCUT2D eigenvalue weighted by molar-refractivity contribution is 6.75. The molecule has 0 amide bonds. The summed E-state index contributed by atoms with van der Waals surface area (Å²) >= 11 is 0. The largest absolute Gasteiger partial charge is 0.414 e. The number of anilines is 1. The molecule has 4 heterocycles. The summed E-state index contributed by atoms with van der Waals surface area (Å²) in [4.78, 5) is 14.2. The Kier molecular flexibility index (Phi) is 9.77. The van der Waals surface area contributed by atoms with Crippen LogP contribution < -0.4 is 5.73 Å². The first-order valence-corrected chi connectivity index (χ1v) is 25.1. The van der Waals surface area contributed by atoms with Crippen LogP contribution in [0, 0.1) is 0 Å². The van der Waals surface area contributed by atoms with Crippen LogP contribution in [0.2, 0.25) is 54.4 Å². The van der Waals surface area contributed by atoms with Crippen molar-refractivity contribution < 1.29 is 18.0 Å². The second kappa shape index (κ2) is 12.2. The highest BCUT2D eigenvalue weighted by atomic mass is 28.4. The maximum Gasteiger partial charge on any atom is 0.192 e. The molecule has 0 bridgehead atoms. The molecule has 1 saturated heterocycles. The van der Waals surface area contributed by atoms with Crippen molar-refractivity contribution in [1.29, 1.82) is 0 Å². The van der Waals surface area contributed by atoms with E-state index in [-0.39, 0.29) is 27.3 Å². The fraction of sp³-hybridized carbons (Fsp3) is 0.750. The average Bonchev–Trinajstić information content (AvgIpc) is 3.58. The number of aryl methyl sites for hydroxylation is 1. The number of hydrogen-bond acceptors (Lipinski definition) is 9. The van der Waals surface area contributed by atoms with Crippen molar-refractivity contribution in [2.75, 3.05) is 12.3 Å². The van der Waals surface area contributed by atoms with Gasteiger partial charge in [-0.1, -0.05) is 62.3 Å². The smallest absolute Gasteiger partial charge is 0.192 e. The van der Waals surface area contributed by atoms with Crippen molar-refractivity contribution in [3.63, 3.8) is 0 Å². The lowest BCUT2D eigenvalue weighted by Gasteiger charge is -2.44. The normalized spacial score (nSPS) is 22.3. The van der Waals surface area contributed by atoms with Crippen LogP contribution in [0.15, 0.2) is 18.7 Å². The van der Waals surface area contributed by atoms with Crippen molar-refractivity contribution in [2.45, 2.75) is 141 Å². The fourth-order valence-corrected chi connectivity index (χ4v) is 8.28. The third kappa shape index (κ3) is 7.22. The van der Waals surface area contributed by atoms with E-state index in [0.29, 0.717) is 29.4 Å². The number of hydrogen-bond donors (Lipinski definition) is 1. The Morgan fingerprint density at radius 1 is 0.826 bits per heavy atom. The Balaban J connectivity index is 1.88. The lowest BCUT2D eigenvalue weighted by molar-refractivity contribution is -0.0470. The van der Waals surface area contributed by atoms with E-state index < -0.39 is 37.3 Å². The zero-order valence-electron chi connectivity index (χ0n) is 31.1. The van der Waals surface area contributed by atoms with Crippen molar-refractivity contribution in [3.05, 3.63) is 18.7 Å². The number of nitrogens with two attached hydrogens (primary N) is 1. The van der Waals surface area contributed by atoms with Gasteiger partial charge in [-0.3, -0.25) is 9.25 Å². The van der Waals surface area contributed by atoms with Crippen LogP contribution in [0.3, 0.4) is 0 Å². The topological polar surface area (TPSA) is 124 Å². The molecule has 0 spiro atoms. The highest BCUT2D eigenvalue weighted by Crippen LogP contribution is 2.47. The van der Waals surface area contributed by atoms with Crippen molar-refractivity contribution in [1.82, 2.24) is 29.3 Å². The summed E-state index contributed by atoms with van der Waals surface area (Å²) in [5.41, 5.74) is 8.34. The van der Waals surface area contributed by atoms with E-state index in [1.54, 1.807) is 17.2 Å². The van der Waals surface area contributed by atoms with Crippen LogP contribution in [0.5, 0.6) is 0 Å². The number of ether oxygens (including phenoxy) is 1. The molecule has 1 aliphatic rings. The van der Waals surface area contributed by atoms with Crippen LogP contribution in [0.25, 0.3) is 22.6 Å². The number of imidazole rings is 1. The Labute approximate surface area is 279 Å². The van der Waals surface area contributed by atoms with E-state index in [1.165, 1.54) is 0 Å². The molecule has 3 aromatic heterocycles. The molecule has 11 nitrogen and oxygen atoms in total. The zero-order chi connectivity index (χ0) is 34.8. The van der Waals surface area contributed by atoms with Gasteiger partial charge in [-0.05, 0) is 54.4 Å². The summed E-state index contributed by atoms with van der Waals surface area (Å²) in [6, 6.07) is 0. The number of aromatic nitrogens is 6. The molecule has 4 rings (SSSR count). The molecule has 14 heteroatoms. The van der Waals surface area contributed by atoms with Gasteiger partial charge in [0.15, 0.2) is 48.5 Å². The summed E-state index contributed by atoms with van der Waals surface area (Å²) in [7, 11) is -4.85. The summed E-state index contributed by atoms with van der Waals surface area (Å²) in [5.74, 6) is 0.779. The molecule has 0 aromatic carbocycles. The zero-order valence-corrected chi connectivity index (χ0v) is 34.1. The molecular weight excluding hydrogens is 631 g/mol. The molecule has 1 fully saturated rings. The third-order valence-corrected chi connectivity index (χ3v) is 24.3. The molecule has 2 N–H and O–H groups in total. The Hall–Kier alpha value is -1.95. The second-order valence-corrected chi connectivity index (χ2v) is 31.8. The SMILES string of the molecule is Cn1cc(-c2nc(N)c3ncn([C@@H]4O[C@H](CO[Si](C)(C)C(C)(C)C)[C@@H](O[Si](C)(C)C(C)(C)C)[C@H]4O[Si](C)(C)C(C)(C)C)c3n2)cn1. The molecule has 3 aromatic rings. The van der Waals surface area contributed by atoms with Gasteiger partial charge < -0.3 is 23.7 Å². The van der Waals surface area contributed by atoms with E-state index in [4.69, 9.17) is 28.7 Å².